The van der Waals surface area contributed by atoms with E-state index in [1.54, 1.807) is 0 Å². The van der Waals surface area contributed by atoms with E-state index in [-0.39, 0.29) is 24.5 Å². The SMILES string of the molecule is CN[C@H](c1ccccc1Cl)[C@H]([NH2+]C)c1ccccc1Cl.[Cl-]. The number of rotatable bonds is 5. The Kier molecular flexibility index (Phi) is 7.50. The number of hydrogen-bond donors (Lipinski definition) is 2. The fourth-order valence-electron chi connectivity index (χ4n) is 2.55. The molecule has 2 aromatic rings. The van der Waals surface area contributed by atoms with Crippen molar-refractivity contribution in [3.05, 3.63) is 69.7 Å². The van der Waals surface area contributed by atoms with Crippen LogP contribution in [0.1, 0.15) is 23.2 Å². The first-order chi connectivity index (χ1) is 9.69. The Morgan fingerprint density at radius 2 is 1.38 bits per heavy atom. The summed E-state index contributed by atoms with van der Waals surface area (Å²) in [6.07, 6.45) is 0. The Morgan fingerprint density at radius 1 is 0.905 bits per heavy atom. The van der Waals surface area contributed by atoms with Crippen LogP contribution in [-0.4, -0.2) is 14.1 Å². The number of nitrogens with one attached hydrogen (secondary N) is 1. The smallest absolute Gasteiger partial charge is 0.133 e. The first-order valence-electron chi connectivity index (χ1n) is 6.64. The Morgan fingerprint density at radius 3 is 1.81 bits per heavy atom. The van der Waals surface area contributed by atoms with Crippen molar-refractivity contribution < 1.29 is 17.7 Å². The van der Waals surface area contributed by atoms with Crippen LogP contribution in [0.4, 0.5) is 0 Å². The largest absolute Gasteiger partial charge is 1.00 e. The minimum Gasteiger partial charge on any atom is -1.00 e. The molecule has 114 valence electrons. The van der Waals surface area contributed by atoms with E-state index >= 15 is 0 Å². The van der Waals surface area contributed by atoms with Crippen molar-refractivity contribution in [3.8, 4) is 0 Å². The first kappa shape index (κ1) is 18.3. The summed E-state index contributed by atoms with van der Waals surface area (Å²) in [5, 5.41) is 7.07. The quantitative estimate of drug-likeness (QED) is 0.796. The molecule has 0 spiro atoms. The van der Waals surface area contributed by atoms with E-state index < -0.39 is 0 Å². The maximum Gasteiger partial charge on any atom is 0.133 e. The number of quaternary nitrogens is 1. The number of halogens is 3. The van der Waals surface area contributed by atoms with Gasteiger partial charge in [-0.25, -0.2) is 0 Å². The number of benzene rings is 2. The summed E-state index contributed by atoms with van der Waals surface area (Å²) in [6.45, 7) is 0. The highest BCUT2D eigenvalue weighted by Gasteiger charge is 2.28. The van der Waals surface area contributed by atoms with E-state index in [1.807, 2.05) is 43.4 Å². The molecule has 0 saturated carbocycles. The van der Waals surface area contributed by atoms with Gasteiger partial charge in [-0.05, 0) is 24.7 Å². The van der Waals surface area contributed by atoms with Gasteiger partial charge in [-0.3, -0.25) is 0 Å². The third kappa shape index (κ3) is 4.12. The monoisotopic (exact) mass is 344 g/mol. The molecule has 2 atom stereocenters. The van der Waals surface area contributed by atoms with Crippen molar-refractivity contribution in [2.45, 2.75) is 12.1 Å². The predicted molar refractivity (Wildman–Crippen MR) is 85.3 cm³/mol. The molecule has 2 nitrogen and oxygen atoms in total. The van der Waals surface area contributed by atoms with Crippen LogP contribution in [0.3, 0.4) is 0 Å². The van der Waals surface area contributed by atoms with Gasteiger partial charge in [0.1, 0.15) is 6.04 Å². The number of hydrogen-bond acceptors (Lipinski definition) is 1. The second-order valence-electron chi connectivity index (χ2n) is 4.67. The molecule has 2 aromatic carbocycles. The molecule has 0 saturated heterocycles. The zero-order valence-electron chi connectivity index (χ0n) is 12.0. The lowest BCUT2D eigenvalue weighted by Crippen LogP contribution is -3.00. The van der Waals surface area contributed by atoms with Gasteiger partial charge in [0.15, 0.2) is 0 Å². The van der Waals surface area contributed by atoms with Crippen LogP contribution in [0.2, 0.25) is 10.0 Å². The lowest BCUT2D eigenvalue weighted by molar-refractivity contribution is -0.674. The molecule has 2 rings (SSSR count). The topological polar surface area (TPSA) is 28.6 Å². The van der Waals surface area contributed by atoms with E-state index in [1.165, 1.54) is 0 Å². The van der Waals surface area contributed by atoms with Crippen LogP contribution < -0.4 is 23.0 Å². The fraction of sp³-hybridized carbons (Fsp3) is 0.250. The third-order valence-electron chi connectivity index (χ3n) is 3.53. The van der Waals surface area contributed by atoms with Crippen molar-refractivity contribution in [1.82, 2.24) is 5.32 Å². The van der Waals surface area contributed by atoms with Crippen molar-refractivity contribution in [1.29, 1.82) is 0 Å². The Hall–Kier alpha value is -0.770. The highest BCUT2D eigenvalue weighted by atomic mass is 35.5. The minimum atomic E-state index is 0. The van der Waals surface area contributed by atoms with E-state index in [9.17, 15) is 0 Å². The molecule has 0 bridgehead atoms. The van der Waals surface area contributed by atoms with Crippen LogP contribution in [0.5, 0.6) is 0 Å². The highest BCUT2D eigenvalue weighted by molar-refractivity contribution is 6.31. The summed E-state index contributed by atoms with van der Waals surface area (Å²) in [4.78, 5) is 0. The number of likely N-dealkylation sites (N-methyl/N-ethyl adjacent to an activating group) is 2. The van der Waals surface area contributed by atoms with Crippen molar-refractivity contribution in [2.24, 2.45) is 0 Å². The first-order valence-corrected chi connectivity index (χ1v) is 7.40. The maximum atomic E-state index is 6.35. The van der Waals surface area contributed by atoms with Gasteiger partial charge in [-0.2, -0.15) is 0 Å². The minimum absolute atomic E-state index is 0. The molecule has 0 heterocycles. The third-order valence-corrected chi connectivity index (χ3v) is 4.22. The van der Waals surface area contributed by atoms with Gasteiger partial charge >= 0.3 is 0 Å². The molecule has 0 amide bonds. The van der Waals surface area contributed by atoms with E-state index in [0.717, 1.165) is 21.2 Å². The van der Waals surface area contributed by atoms with Crippen molar-refractivity contribution in [3.63, 3.8) is 0 Å². The lowest BCUT2D eigenvalue weighted by Gasteiger charge is -2.26. The van der Waals surface area contributed by atoms with Gasteiger partial charge in [0.25, 0.3) is 0 Å². The summed E-state index contributed by atoms with van der Waals surface area (Å²) in [6, 6.07) is 16.1. The van der Waals surface area contributed by atoms with Crippen LogP contribution in [0, 0.1) is 0 Å². The second kappa shape index (κ2) is 8.62. The molecule has 21 heavy (non-hydrogen) atoms. The summed E-state index contributed by atoms with van der Waals surface area (Å²) in [7, 11) is 4.00. The van der Waals surface area contributed by atoms with Crippen LogP contribution in [-0.2, 0) is 0 Å². The van der Waals surface area contributed by atoms with Gasteiger partial charge in [-0.15, -0.1) is 0 Å². The van der Waals surface area contributed by atoms with Crippen molar-refractivity contribution in [2.75, 3.05) is 14.1 Å². The van der Waals surface area contributed by atoms with Gasteiger partial charge < -0.3 is 23.0 Å². The van der Waals surface area contributed by atoms with E-state index in [0.29, 0.717) is 0 Å². The Labute approximate surface area is 142 Å². The summed E-state index contributed by atoms with van der Waals surface area (Å²) in [5.74, 6) is 0. The van der Waals surface area contributed by atoms with E-state index in [4.69, 9.17) is 23.2 Å². The molecule has 0 fully saturated rings. The van der Waals surface area contributed by atoms with Crippen LogP contribution in [0.25, 0.3) is 0 Å². The molecule has 5 heteroatoms. The van der Waals surface area contributed by atoms with Gasteiger partial charge in [0.05, 0.1) is 13.1 Å². The molecular weight excluding hydrogens is 327 g/mol. The summed E-state index contributed by atoms with van der Waals surface area (Å²) in [5.41, 5.74) is 2.19. The van der Waals surface area contributed by atoms with Gasteiger partial charge in [0.2, 0.25) is 0 Å². The normalized spacial score (nSPS) is 13.3. The van der Waals surface area contributed by atoms with E-state index in [2.05, 4.69) is 29.8 Å². The summed E-state index contributed by atoms with van der Waals surface area (Å²) >= 11 is 12.7. The van der Waals surface area contributed by atoms with Gasteiger partial charge in [-0.1, -0.05) is 59.6 Å². The molecule has 3 N–H and O–H groups in total. The molecule has 0 aliphatic carbocycles. The van der Waals surface area contributed by atoms with Gasteiger partial charge in [0, 0.05) is 15.6 Å². The van der Waals surface area contributed by atoms with Crippen LogP contribution in [0.15, 0.2) is 48.5 Å². The predicted octanol–water partition coefficient (Wildman–Crippen LogP) is 0.192. The zero-order chi connectivity index (χ0) is 14.5. The maximum absolute atomic E-state index is 6.35. The average molecular weight is 346 g/mol. The molecule has 0 aliphatic heterocycles. The standard InChI is InChI=1S/C16H18Cl2N2.ClH/c1-19-15(11-7-3-5-9-13(11)17)16(20-2)12-8-4-6-10-14(12)18;/h3-10,15-16,19-20H,1-2H3;1H/t15-,16-;/m1./s1. The Balaban J connectivity index is 0.00000220. The average Bonchev–Trinajstić information content (AvgIpc) is 2.47. The molecular formula is C16H19Cl3N2. The molecule has 0 unspecified atom stereocenters. The second-order valence-corrected chi connectivity index (χ2v) is 5.48. The molecule has 0 aromatic heterocycles. The lowest BCUT2D eigenvalue weighted by atomic mass is 9.93. The zero-order valence-corrected chi connectivity index (χ0v) is 14.3. The number of nitrogens with two attached hydrogens (primary N) is 1. The highest BCUT2D eigenvalue weighted by Crippen LogP contribution is 2.33. The van der Waals surface area contributed by atoms with Crippen LogP contribution >= 0.6 is 23.2 Å². The van der Waals surface area contributed by atoms with Crippen molar-refractivity contribution >= 4 is 23.2 Å². The molecule has 0 radical (unpaired) electrons. The fourth-order valence-corrected chi connectivity index (χ4v) is 3.07. The molecule has 0 aliphatic rings. The summed E-state index contributed by atoms with van der Waals surface area (Å²) < 4.78 is 0. The Bertz CT molecular complexity index is 523.